The first kappa shape index (κ1) is 16.0. The van der Waals surface area contributed by atoms with E-state index in [-0.39, 0.29) is 21.9 Å². The van der Waals surface area contributed by atoms with Crippen LogP contribution in [0.1, 0.15) is 43.5 Å². The van der Waals surface area contributed by atoms with Crippen LogP contribution in [0.4, 0.5) is 0 Å². The van der Waals surface area contributed by atoms with Crippen molar-refractivity contribution >= 4 is 16.0 Å². The summed E-state index contributed by atoms with van der Waals surface area (Å²) in [6, 6.07) is 5.85. The van der Waals surface area contributed by atoms with Gasteiger partial charge in [-0.2, -0.15) is 0 Å². The molecule has 5 nitrogen and oxygen atoms in total. The summed E-state index contributed by atoms with van der Waals surface area (Å²) in [5, 5.41) is 0. The second-order valence-corrected chi connectivity index (χ2v) is 7.96. The van der Waals surface area contributed by atoms with E-state index in [0.29, 0.717) is 0 Å². The molecule has 0 amide bonds. The maximum atomic E-state index is 12.4. The summed E-state index contributed by atoms with van der Waals surface area (Å²) in [6.45, 7) is 4.28. The van der Waals surface area contributed by atoms with E-state index >= 15 is 0 Å². The van der Waals surface area contributed by atoms with Crippen LogP contribution in [0.5, 0.6) is 0 Å². The number of carbonyl (C=O) groups is 1. The van der Waals surface area contributed by atoms with E-state index in [1.165, 1.54) is 25.3 Å². The number of carbonyl (C=O) groups excluding carboxylic acids is 1. The zero-order valence-electron chi connectivity index (χ0n) is 12.5. The summed E-state index contributed by atoms with van der Waals surface area (Å²) in [5.41, 5.74) is 0.397. The molecule has 1 aromatic carbocycles. The standard InChI is InChI=1S/C15H21NO4S/c1-15(2)8-7-12(10-15)16-21(18,19)13-6-4-5-11(9-13)14(17)20-3/h4-6,9,12,16H,7-8,10H2,1-3H3. The molecule has 0 heterocycles. The van der Waals surface area contributed by atoms with E-state index < -0.39 is 16.0 Å². The Kier molecular flexibility index (Phi) is 4.39. The normalized spacial score (nSPS) is 21.2. The van der Waals surface area contributed by atoms with Gasteiger partial charge in [0.2, 0.25) is 10.0 Å². The van der Waals surface area contributed by atoms with Gasteiger partial charge in [-0.25, -0.2) is 17.9 Å². The minimum Gasteiger partial charge on any atom is -0.465 e. The van der Waals surface area contributed by atoms with Crippen LogP contribution in [0.2, 0.25) is 0 Å². The lowest BCUT2D eigenvalue weighted by Crippen LogP contribution is -2.33. The maximum Gasteiger partial charge on any atom is 0.337 e. The molecule has 0 spiro atoms. The van der Waals surface area contributed by atoms with Crippen molar-refractivity contribution in [2.24, 2.45) is 5.41 Å². The summed E-state index contributed by atoms with van der Waals surface area (Å²) in [7, 11) is -2.35. The molecule has 6 heteroatoms. The van der Waals surface area contributed by atoms with Gasteiger partial charge in [-0.1, -0.05) is 19.9 Å². The van der Waals surface area contributed by atoms with Crippen molar-refractivity contribution < 1.29 is 17.9 Å². The predicted octanol–water partition coefficient (Wildman–Crippen LogP) is 2.33. The van der Waals surface area contributed by atoms with Gasteiger partial charge in [0.05, 0.1) is 17.6 Å². The first-order valence-corrected chi connectivity index (χ1v) is 8.42. The smallest absolute Gasteiger partial charge is 0.337 e. The van der Waals surface area contributed by atoms with Gasteiger partial charge in [-0.15, -0.1) is 0 Å². The minimum absolute atomic E-state index is 0.0493. The predicted molar refractivity (Wildman–Crippen MR) is 79.5 cm³/mol. The molecular formula is C15H21NO4S. The van der Waals surface area contributed by atoms with E-state index in [4.69, 9.17) is 0 Å². The lowest BCUT2D eigenvalue weighted by Gasteiger charge is -2.18. The quantitative estimate of drug-likeness (QED) is 0.866. The molecule has 0 saturated heterocycles. The van der Waals surface area contributed by atoms with Gasteiger partial charge < -0.3 is 4.74 Å². The second-order valence-electron chi connectivity index (χ2n) is 6.24. The maximum absolute atomic E-state index is 12.4. The molecule has 116 valence electrons. The topological polar surface area (TPSA) is 72.5 Å². The Labute approximate surface area is 125 Å². The van der Waals surface area contributed by atoms with Crippen LogP contribution in [0.25, 0.3) is 0 Å². The number of hydrogen-bond donors (Lipinski definition) is 1. The summed E-state index contributed by atoms with van der Waals surface area (Å²) in [4.78, 5) is 11.6. The molecule has 1 aliphatic carbocycles. The molecule has 0 aliphatic heterocycles. The first-order valence-electron chi connectivity index (χ1n) is 6.94. The highest BCUT2D eigenvalue weighted by molar-refractivity contribution is 7.89. The lowest BCUT2D eigenvalue weighted by atomic mass is 9.92. The zero-order valence-corrected chi connectivity index (χ0v) is 13.4. The molecule has 2 rings (SSSR count). The first-order chi connectivity index (χ1) is 9.73. The highest BCUT2D eigenvalue weighted by Gasteiger charge is 2.33. The molecule has 0 bridgehead atoms. The van der Waals surface area contributed by atoms with Crippen LogP contribution in [0, 0.1) is 5.41 Å². The van der Waals surface area contributed by atoms with E-state index in [1.807, 2.05) is 0 Å². The molecular weight excluding hydrogens is 290 g/mol. The average molecular weight is 311 g/mol. The van der Waals surface area contributed by atoms with Gasteiger partial charge in [-0.05, 0) is 42.9 Å². The van der Waals surface area contributed by atoms with Gasteiger partial charge in [0.1, 0.15) is 0 Å². The third-order valence-corrected chi connectivity index (χ3v) is 5.37. The number of rotatable bonds is 4. The molecule has 1 atom stereocenters. The van der Waals surface area contributed by atoms with Crippen molar-refractivity contribution in [2.75, 3.05) is 7.11 Å². The Hall–Kier alpha value is -1.40. The lowest BCUT2D eigenvalue weighted by molar-refractivity contribution is 0.0600. The van der Waals surface area contributed by atoms with Gasteiger partial charge in [0.25, 0.3) is 0 Å². The molecule has 1 unspecified atom stereocenters. The molecule has 1 saturated carbocycles. The van der Waals surface area contributed by atoms with Crippen LogP contribution in [-0.2, 0) is 14.8 Å². The number of methoxy groups -OCH3 is 1. The minimum atomic E-state index is -3.62. The van der Waals surface area contributed by atoms with Gasteiger partial charge >= 0.3 is 5.97 Å². The Balaban J connectivity index is 2.18. The molecule has 1 N–H and O–H groups in total. The van der Waals surface area contributed by atoms with Gasteiger partial charge in [0.15, 0.2) is 0 Å². The summed E-state index contributed by atoms with van der Waals surface area (Å²) in [5.74, 6) is -0.547. The SMILES string of the molecule is COC(=O)c1cccc(S(=O)(=O)NC2CCC(C)(C)C2)c1. The van der Waals surface area contributed by atoms with Crippen molar-refractivity contribution in [3.63, 3.8) is 0 Å². The third kappa shape index (κ3) is 3.83. The number of ether oxygens (including phenoxy) is 1. The fourth-order valence-electron chi connectivity index (χ4n) is 2.73. The highest BCUT2D eigenvalue weighted by Crippen LogP contribution is 2.37. The van der Waals surface area contributed by atoms with Crippen molar-refractivity contribution in [1.29, 1.82) is 0 Å². The third-order valence-electron chi connectivity index (χ3n) is 3.86. The fraction of sp³-hybridized carbons (Fsp3) is 0.533. The highest BCUT2D eigenvalue weighted by atomic mass is 32.2. The van der Waals surface area contributed by atoms with Crippen LogP contribution < -0.4 is 4.72 Å². The number of benzene rings is 1. The van der Waals surface area contributed by atoms with Crippen LogP contribution >= 0.6 is 0 Å². The van der Waals surface area contributed by atoms with E-state index in [1.54, 1.807) is 6.07 Å². The number of esters is 1. The number of hydrogen-bond acceptors (Lipinski definition) is 4. The molecule has 0 aromatic heterocycles. The van der Waals surface area contributed by atoms with Crippen LogP contribution in [0.3, 0.4) is 0 Å². The van der Waals surface area contributed by atoms with E-state index in [2.05, 4.69) is 23.3 Å². The summed E-state index contributed by atoms with van der Waals surface area (Å²) >= 11 is 0. The fourth-order valence-corrected chi connectivity index (χ4v) is 4.05. The van der Waals surface area contributed by atoms with Crippen LogP contribution in [-0.4, -0.2) is 27.5 Å². The average Bonchev–Trinajstić information content (AvgIpc) is 2.76. The second kappa shape index (κ2) is 5.77. The van der Waals surface area contributed by atoms with Gasteiger partial charge in [0, 0.05) is 6.04 Å². The monoisotopic (exact) mass is 311 g/mol. The van der Waals surface area contributed by atoms with Crippen molar-refractivity contribution in [3.05, 3.63) is 29.8 Å². The van der Waals surface area contributed by atoms with E-state index in [9.17, 15) is 13.2 Å². The summed E-state index contributed by atoms with van der Waals surface area (Å²) in [6.07, 6.45) is 2.66. The van der Waals surface area contributed by atoms with E-state index in [0.717, 1.165) is 19.3 Å². The van der Waals surface area contributed by atoms with Crippen molar-refractivity contribution in [1.82, 2.24) is 4.72 Å². The van der Waals surface area contributed by atoms with Gasteiger partial charge in [-0.3, -0.25) is 0 Å². The summed E-state index contributed by atoms with van der Waals surface area (Å²) < 4.78 is 32.1. The number of nitrogens with one attached hydrogen (secondary N) is 1. The number of sulfonamides is 1. The van der Waals surface area contributed by atoms with Crippen molar-refractivity contribution in [3.8, 4) is 0 Å². The van der Waals surface area contributed by atoms with Crippen LogP contribution in [0.15, 0.2) is 29.2 Å². The largest absolute Gasteiger partial charge is 0.465 e. The Morgan fingerprint density at radius 2 is 2.10 bits per heavy atom. The Bertz CT molecular complexity index is 637. The Morgan fingerprint density at radius 3 is 2.67 bits per heavy atom. The molecule has 1 aliphatic rings. The molecule has 1 aromatic rings. The zero-order chi connectivity index (χ0) is 15.7. The molecule has 1 fully saturated rings. The Morgan fingerprint density at radius 1 is 1.38 bits per heavy atom. The molecule has 21 heavy (non-hydrogen) atoms. The molecule has 0 radical (unpaired) electrons. The van der Waals surface area contributed by atoms with Crippen molar-refractivity contribution in [2.45, 2.75) is 44.0 Å².